The second-order valence-corrected chi connectivity index (χ2v) is 6.33. The number of amides is 2. The molecule has 2 amide bonds. The summed E-state index contributed by atoms with van der Waals surface area (Å²) in [6, 6.07) is 16.5. The Labute approximate surface area is 153 Å². The van der Waals surface area contributed by atoms with Crippen molar-refractivity contribution in [1.82, 2.24) is 4.98 Å². The molecule has 0 spiro atoms. The molecule has 0 saturated heterocycles. The minimum atomic E-state index is -0.344. The fourth-order valence-corrected chi connectivity index (χ4v) is 3.24. The van der Waals surface area contributed by atoms with Crippen LogP contribution in [-0.4, -0.2) is 18.1 Å². The highest BCUT2D eigenvalue weighted by Crippen LogP contribution is 2.34. The maximum absolute atomic E-state index is 12.1. The number of methoxy groups -OCH3 is 1. The van der Waals surface area contributed by atoms with Crippen LogP contribution in [0.1, 0.15) is 0 Å². The molecule has 2 aromatic heterocycles. The number of ether oxygens (including phenoxy) is 1. The van der Waals surface area contributed by atoms with E-state index in [9.17, 15) is 4.79 Å². The van der Waals surface area contributed by atoms with Crippen LogP contribution in [0.5, 0.6) is 5.75 Å². The van der Waals surface area contributed by atoms with Crippen LogP contribution in [0.25, 0.3) is 22.4 Å². The highest BCUT2D eigenvalue weighted by Gasteiger charge is 2.14. The normalized spacial score (nSPS) is 10.7. The number of hydrogen-bond donors (Lipinski definition) is 2. The molecule has 0 aliphatic heterocycles. The van der Waals surface area contributed by atoms with Gasteiger partial charge < -0.3 is 14.5 Å². The minimum Gasteiger partial charge on any atom is -0.493 e. The molecule has 6 nitrogen and oxygen atoms in total. The number of carbonyl (C=O) groups excluding carboxylic acids is 1. The molecule has 0 atom stereocenters. The predicted octanol–water partition coefficient (Wildman–Crippen LogP) is 5.21. The summed E-state index contributed by atoms with van der Waals surface area (Å²) in [6.45, 7) is 0. The fraction of sp³-hybridized carbons (Fsp3) is 0.0526. The first-order valence-electron chi connectivity index (χ1n) is 7.88. The lowest BCUT2D eigenvalue weighted by atomic mass is 10.2. The lowest BCUT2D eigenvalue weighted by Crippen LogP contribution is -2.19. The van der Waals surface area contributed by atoms with Gasteiger partial charge in [0.25, 0.3) is 0 Å². The molecule has 0 aliphatic rings. The number of nitrogens with one attached hydrogen (secondary N) is 2. The van der Waals surface area contributed by atoms with Crippen LogP contribution < -0.4 is 15.4 Å². The van der Waals surface area contributed by atoms with Crippen LogP contribution in [-0.2, 0) is 0 Å². The molecule has 7 heteroatoms. The van der Waals surface area contributed by atoms with E-state index in [1.54, 1.807) is 7.11 Å². The molecule has 4 rings (SSSR count). The Balaban J connectivity index is 1.52. The van der Waals surface area contributed by atoms with Gasteiger partial charge in [-0.15, -0.1) is 11.3 Å². The summed E-state index contributed by atoms with van der Waals surface area (Å²) in [6.07, 6.45) is 0. The largest absolute Gasteiger partial charge is 0.493 e. The van der Waals surface area contributed by atoms with Gasteiger partial charge in [0.2, 0.25) is 0 Å². The van der Waals surface area contributed by atoms with Crippen molar-refractivity contribution in [2.75, 3.05) is 17.7 Å². The zero-order chi connectivity index (χ0) is 17.9. The van der Waals surface area contributed by atoms with Crippen LogP contribution in [0.2, 0.25) is 0 Å². The Morgan fingerprint density at radius 1 is 1.12 bits per heavy atom. The maximum atomic E-state index is 12.1. The quantitative estimate of drug-likeness (QED) is 0.520. The first kappa shape index (κ1) is 16.2. The number of para-hydroxylation sites is 2. The van der Waals surface area contributed by atoms with E-state index in [0.29, 0.717) is 33.6 Å². The molecule has 26 heavy (non-hydrogen) atoms. The third kappa shape index (κ3) is 3.25. The van der Waals surface area contributed by atoms with E-state index in [4.69, 9.17) is 9.15 Å². The van der Waals surface area contributed by atoms with Gasteiger partial charge in [0, 0.05) is 16.5 Å². The standard InChI is InChI=1S/C19H15N3O3S/c1-24-15-9-5-6-12-10-16(25-17(12)15)14-11-26-19(21-14)22-18(23)20-13-7-3-2-4-8-13/h2-11H,1H3,(H2,20,21,22,23). The zero-order valence-corrected chi connectivity index (χ0v) is 14.7. The summed E-state index contributed by atoms with van der Waals surface area (Å²) >= 11 is 1.33. The van der Waals surface area contributed by atoms with E-state index in [1.165, 1.54) is 11.3 Å². The molecule has 0 fully saturated rings. The SMILES string of the molecule is COc1cccc2cc(-c3csc(NC(=O)Nc4ccccc4)n3)oc12. The highest BCUT2D eigenvalue weighted by molar-refractivity contribution is 7.14. The van der Waals surface area contributed by atoms with Crippen molar-refractivity contribution < 1.29 is 13.9 Å². The minimum absolute atomic E-state index is 0.344. The van der Waals surface area contributed by atoms with Crippen LogP contribution in [0, 0.1) is 0 Å². The van der Waals surface area contributed by atoms with E-state index in [0.717, 1.165) is 5.39 Å². The summed E-state index contributed by atoms with van der Waals surface area (Å²) in [7, 11) is 1.60. The Bertz CT molecular complexity index is 1060. The molecule has 0 unspecified atom stereocenters. The number of furan rings is 1. The van der Waals surface area contributed by atoms with Gasteiger partial charge in [0.05, 0.1) is 7.11 Å². The summed E-state index contributed by atoms with van der Waals surface area (Å²) in [4.78, 5) is 16.5. The second kappa shape index (κ2) is 6.89. The van der Waals surface area contributed by atoms with E-state index in [2.05, 4.69) is 15.6 Å². The molecule has 4 aromatic rings. The molecular formula is C19H15N3O3S. The van der Waals surface area contributed by atoms with Crippen LogP contribution >= 0.6 is 11.3 Å². The van der Waals surface area contributed by atoms with Crippen LogP contribution in [0.3, 0.4) is 0 Å². The number of fused-ring (bicyclic) bond motifs is 1. The predicted molar refractivity (Wildman–Crippen MR) is 103 cm³/mol. The van der Waals surface area contributed by atoms with E-state index in [1.807, 2.05) is 60.0 Å². The van der Waals surface area contributed by atoms with Crippen molar-refractivity contribution in [3.63, 3.8) is 0 Å². The molecule has 2 heterocycles. The number of thiazole rings is 1. The monoisotopic (exact) mass is 365 g/mol. The number of carbonyl (C=O) groups is 1. The number of hydrogen-bond acceptors (Lipinski definition) is 5. The molecule has 0 bridgehead atoms. The number of anilines is 2. The Hall–Kier alpha value is -3.32. The third-order valence-electron chi connectivity index (χ3n) is 3.74. The number of nitrogens with zero attached hydrogens (tertiary/aromatic N) is 1. The van der Waals surface area contributed by atoms with Gasteiger partial charge in [-0.25, -0.2) is 9.78 Å². The van der Waals surface area contributed by atoms with Crippen molar-refractivity contribution in [1.29, 1.82) is 0 Å². The summed E-state index contributed by atoms with van der Waals surface area (Å²) in [5.74, 6) is 1.29. The van der Waals surface area contributed by atoms with Gasteiger partial charge in [0.1, 0.15) is 5.69 Å². The molecule has 0 saturated carbocycles. The van der Waals surface area contributed by atoms with Crippen LogP contribution in [0.4, 0.5) is 15.6 Å². The summed E-state index contributed by atoms with van der Waals surface area (Å²) in [5.41, 5.74) is 2.05. The van der Waals surface area contributed by atoms with Crippen LogP contribution in [0.15, 0.2) is 64.4 Å². The van der Waals surface area contributed by atoms with Gasteiger partial charge in [0.15, 0.2) is 22.2 Å². The Kier molecular flexibility index (Phi) is 4.28. The van der Waals surface area contributed by atoms with Gasteiger partial charge in [-0.3, -0.25) is 5.32 Å². The van der Waals surface area contributed by atoms with Gasteiger partial charge in [-0.1, -0.05) is 30.3 Å². The first-order valence-corrected chi connectivity index (χ1v) is 8.76. The molecule has 130 valence electrons. The van der Waals surface area contributed by atoms with Crippen molar-refractivity contribution in [2.45, 2.75) is 0 Å². The number of rotatable bonds is 4. The molecule has 2 N–H and O–H groups in total. The van der Waals surface area contributed by atoms with Gasteiger partial charge in [-0.05, 0) is 24.3 Å². The van der Waals surface area contributed by atoms with Crippen molar-refractivity contribution in [3.05, 3.63) is 60.0 Å². The molecular weight excluding hydrogens is 350 g/mol. The topological polar surface area (TPSA) is 76.4 Å². The smallest absolute Gasteiger partial charge is 0.325 e. The number of benzene rings is 2. The average molecular weight is 365 g/mol. The van der Waals surface area contributed by atoms with Crippen molar-refractivity contribution in [2.24, 2.45) is 0 Å². The number of aromatic nitrogens is 1. The van der Waals surface area contributed by atoms with Gasteiger partial charge in [-0.2, -0.15) is 0 Å². The number of urea groups is 1. The lowest BCUT2D eigenvalue weighted by Gasteiger charge is -2.04. The van der Waals surface area contributed by atoms with Crippen molar-refractivity contribution >= 4 is 39.2 Å². The summed E-state index contributed by atoms with van der Waals surface area (Å²) in [5, 5.41) is 8.74. The summed E-state index contributed by atoms with van der Waals surface area (Å²) < 4.78 is 11.2. The van der Waals surface area contributed by atoms with Crippen molar-refractivity contribution in [3.8, 4) is 17.2 Å². The lowest BCUT2D eigenvalue weighted by molar-refractivity contribution is 0.262. The Morgan fingerprint density at radius 2 is 1.96 bits per heavy atom. The molecule has 2 aromatic carbocycles. The zero-order valence-electron chi connectivity index (χ0n) is 13.9. The van der Waals surface area contributed by atoms with E-state index < -0.39 is 0 Å². The van der Waals surface area contributed by atoms with E-state index >= 15 is 0 Å². The molecule has 0 aliphatic carbocycles. The highest BCUT2D eigenvalue weighted by atomic mass is 32.1. The maximum Gasteiger partial charge on any atom is 0.325 e. The average Bonchev–Trinajstić information content (AvgIpc) is 3.28. The van der Waals surface area contributed by atoms with E-state index in [-0.39, 0.29) is 6.03 Å². The Morgan fingerprint density at radius 3 is 2.77 bits per heavy atom. The first-order chi connectivity index (χ1) is 12.7. The fourth-order valence-electron chi connectivity index (χ4n) is 2.55. The molecule has 0 radical (unpaired) electrons. The van der Waals surface area contributed by atoms with Gasteiger partial charge >= 0.3 is 6.03 Å². The second-order valence-electron chi connectivity index (χ2n) is 5.47. The third-order valence-corrected chi connectivity index (χ3v) is 4.49.